The lowest BCUT2D eigenvalue weighted by atomic mass is 10.2. The summed E-state index contributed by atoms with van der Waals surface area (Å²) in [4.78, 5) is 26.3. The van der Waals surface area contributed by atoms with Crippen LogP contribution in [0.2, 0.25) is 0 Å². The van der Waals surface area contributed by atoms with Crippen LogP contribution < -0.4 is 10.1 Å². The van der Waals surface area contributed by atoms with E-state index < -0.39 is 0 Å². The molecule has 2 rings (SSSR count). The van der Waals surface area contributed by atoms with E-state index in [9.17, 15) is 9.59 Å². The molecule has 0 saturated carbocycles. The van der Waals surface area contributed by atoms with E-state index in [1.807, 2.05) is 26.8 Å². The predicted octanol–water partition coefficient (Wildman–Crippen LogP) is 1.45. The number of rotatable bonds is 5. The Balaban J connectivity index is 1.92. The molecule has 0 aliphatic carbocycles. The van der Waals surface area contributed by atoms with Gasteiger partial charge in [0.1, 0.15) is 5.75 Å². The molecule has 1 saturated heterocycles. The highest BCUT2D eigenvalue weighted by Gasteiger charge is 2.26. The van der Waals surface area contributed by atoms with E-state index in [0.29, 0.717) is 31.0 Å². The molecule has 126 valence electrons. The first-order valence-electron chi connectivity index (χ1n) is 7.94. The van der Waals surface area contributed by atoms with E-state index in [1.165, 1.54) is 0 Å². The SMILES string of the molecule is CCOc1ccccc1C(=O)NCC(=O)N1C[C@H](C)O[C@@H](C)C1. The highest BCUT2D eigenvalue weighted by molar-refractivity contribution is 5.98. The molecule has 2 amide bonds. The third kappa shape index (κ3) is 4.69. The molecule has 6 heteroatoms. The zero-order valence-electron chi connectivity index (χ0n) is 13.9. The lowest BCUT2D eigenvalue weighted by molar-refractivity contribution is -0.142. The molecule has 0 bridgehead atoms. The predicted molar refractivity (Wildman–Crippen MR) is 86.5 cm³/mol. The van der Waals surface area contributed by atoms with Crippen LogP contribution in [0.1, 0.15) is 31.1 Å². The summed E-state index contributed by atoms with van der Waals surface area (Å²) in [6, 6.07) is 7.00. The second-order valence-electron chi connectivity index (χ2n) is 5.67. The molecule has 0 aromatic heterocycles. The lowest BCUT2D eigenvalue weighted by Crippen LogP contribution is -2.51. The van der Waals surface area contributed by atoms with E-state index in [0.717, 1.165) is 0 Å². The number of benzene rings is 1. The van der Waals surface area contributed by atoms with Crippen molar-refractivity contribution in [2.45, 2.75) is 33.0 Å². The third-order valence-corrected chi connectivity index (χ3v) is 3.60. The molecule has 1 heterocycles. The van der Waals surface area contributed by atoms with Gasteiger partial charge in [-0.3, -0.25) is 9.59 Å². The van der Waals surface area contributed by atoms with Gasteiger partial charge < -0.3 is 19.7 Å². The fourth-order valence-electron chi connectivity index (χ4n) is 2.68. The first kappa shape index (κ1) is 17.3. The normalized spacial score (nSPS) is 20.9. The van der Waals surface area contributed by atoms with Crippen molar-refractivity contribution >= 4 is 11.8 Å². The third-order valence-electron chi connectivity index (χ3n) is 3.60. The van der Waals surface area contributed by atoms with E-state index >= 15 is 0 Å². The van der Waals surface area contributed by atoms with Gasteiger partial charge >= 0.3 is 0 Å². The Morgan fingerprint density at radius 2 is 1.91 bits per heavy atom. The van der Waals surface area contributed by atoms with Gasteiger partial charge in [0, 0.05) is 13.1 Å². The van der Waals surface area contributed by atoms with Gasteiger partial charge in [0.25, 0.3) is 5.91 Å². The van der Waals surface area contributed by atoms with Crippen LogP contribution in [0.25, 0.3) is 0 Å². The van der Waals surface area contributed by atoms with Crippen molar-refractivity contribution in [1.29, 1.82) is 0 Å². The molecule has 0 spiro atoms. The molecular formula is C17H24N2O4. The maximum atomic E-state index is 12.3. The van der Waals surface area contributed by atoms with E-state index in [1.54, 1.807) is 23.1 Å². The summed E-state index contributed by atoms with van der Waals surface area (Å²) in [6.07, 6.45) is 0.0224. The number of nitrogens with zero attached hydrogens (tertiary/aromatic N) is 1. The Labute approximate surface area is 136 Å². The van der Waals surface area contributed by atoms with Crippen molar-refractivity contribution in [3.63, 3.8) is 0 Å². The van der Waals surface area contributed by atoms with Crippen LogP contribution in [0, 0.1) is 0 Å². The van der Waals surface area contributed by atoms with Crippen LogP contribution in [-0.2, 0) is 9.53 Å². The molecule has 23 heavy (non-hydrogen) atoms. The Kier molecular flexibility index (Phi) is 5.98. The molecular weight excluding hydrogens is 296 g/mol. The average Bonchev–Trinajstić information content (AvgIpc) is 2.52. The number of morpholine rings is 1. The van der Waals surface area contributed by atoms with Crippen molar-refractivity contribution in [3.8, 4) is 5.75 Å². The maximum Gasteiger partial charge on any atom is 0.255 e. The quantitative estimate of drug-likeness (QED) is 0.892. The van der Waals surface area contributed by atoms with Crippen molar-refractivity contribution in [2.75, 3.05) is 26.2 Å². The fraction of sp³-hybridized carbons (Fsp3) is 0.529. The number of ether oxygens (including phenoxy) is 2. The molecule has 1 fully saturated rings. The monoisotopic (exact) mass is 320 g/mol. The highest BCUT2D eigenvalue weighted by Crippen LogP contribution is 2.17. The summed E-state index contributed by atoms with van der Waals surface area (Å²) in [7, 11) is 0. The van der Waals surface area contributed by atoms with Gasteiger partial charge in [0.15, 0.2) is 0 Å². The zero-order chi connectivity index (χ0) is 16.8. The number of amides is 2. The van der Waals surface area contributed by atoms with Crippen LogP contribution in [0.3, 0.4) is 0 Å². The number of para-hydroxylation sites is 1. The largest absolute Gasteiger partial charge is 0.493 e. The Hall–Kier alpha value is -2.08. The van der Waals surface area contributed by atoms with Crippen LogP contribution in [0.4, 0.5) is 0 Å². The Morgan fingerprint density at radius 3 is 2.57 bits per heavy atom. The minimum atomic E-state index is -0.309. The van der Waals surface area contributed by atoms with Gasteiger partial charge in [-0.15, -0.1) is 0 Å². The summed E-state index contributed by atoms with van der Waals surface area (Å²) in [5.41, 5.74) is 0.436. The van der Waals surface area contributed by atoms with E-state index in [-0.39, 0.29) is 30.6 Å². The molecule has 1 aliphatic heterocycles. The number of carbonyl (C=O) groups excluding carboxylic acids is 2. The second kappa shape index (κ2) is 7.97. The summed E-state index contributed by atoms with van der Waals surface area (Å²) in [5, 5.41) is 2.67. The molecule has 1 N–H and O–H groups in total. The summed E-state index contributed by atoms with van der Waals surface area (Å²) in [6.45, 7) is 7.29. The van der Waals surface area contributed by atoms with Gasteiger partial charge in [-0.25, -0.2) is 0 Å². The molecule has 2 atom stereocenters. The van der Waals surface area contributed by atoms with Gasteiger partial charge in [-0.1, -0.05) is 12.1 Å². The second-order valence-corrected chi connectivity index (χ2v) is 5.67. The highest BCUT2D eigenvalue weighted by atomic mass is 16.5. The van der Waals surface area contributed by atoms with E-state index in [4.69, 9.17) is 9.47 Å². The fourth-order valence-corrected chi connectivity index (χ4v) is 2.68. The molecule has 1 aromatic rings. The molecule has 0 unspecified atom stereocenters. The van der Waals surface area contributed by atoms with Gasteiger partial charge in [0.2, 0.25) is 5.91 Å². The van der Waals surface area contributed by atoms with Gasteiger partial charge in [0.05, 0.1) is 30.9 Å². The molecule has 1 aromatic carbocycles. The minimum absolute atomic E-state index is 0.0112. The standard InChI is InChI=1S/C17H24N2O4/c1-4-22-15-8-6-5-7-14(15)17(21)18-9-16(20)19-10-12(2)23-13(3)11-19/h5-8,12-13H,4,9-11H2,1-3H3,(H,18,21)/t12-,13-/m0/s1. The summed E-state index contributed by atoms with van der Waals surface area (Å²) in [5.74, 6) is 0.111. The zero-order valence-corrected chi connectivity index (χ0v) is 13.9. The molecule has 6 nitrogen and oxygen atoms in total. The van der Waals surface area contributed by atoms with Crippen molar-refractivity contribution in [2.24, 2.45) is 0 Å². The van der Waals surface area contributed by atoms with Crippen LogP contribution in [-0.4, -0.2) is 55.2 Å². The molecule has 0 radical (unpaired) electrons. The van der Waals surface area contributed by atoms with Crippen molar-refractivity contribution in [1.82, 2.24) is 10.2 Å². The summed E-state index contributed by atoms with van der Waals surface area (Å²) < 4.78 is 11.0. The minimum Gasteiger partial charge on any atom is -0.493 e. The van der Waals surface area contributed by atoms with Crippen LogP contribution in [0.5, 0.6) is 5.75 Å². The topological polar surface area (TPSA) is 67.9 Å². The van der Waals surface area contributed by atoms with Crippen LogP contribution >= 0.6 is 0 Å². The average molecular weight is 320 g/mol. The number of hydrogen-bond donors (Lipinski definition) is 1. The van der Waals surface area contributed by atoms with E-state index in [2.05, 4.69) is 5.32 Å². The Morgan fingerprint density at radius 1 is 1.26 bits per heavy atom. The van der Waals surface area contributed by atoms with Gasteiger partial charge in [-0.05, 0) is 32.9 Å². The first-order chi connectivity index (χ1) is 11.0. The number of carbonyl (C=O) groups is 2. The smallest absolute Gasteiger partial charge is 0.255 e. The van der Waals surface area contributed by atoms with Crippen molar-refractivity contribution < 1.29 is 19.1 Å². The lowest BCUT2D eigenvalue weighted by Gasteiger charge is -2.35. The van der Waals surface area contributed by atoms with Crippen LogP contribution in [0.15, 0.2) is 24.3 Å². The number of hydrogen-bond acceptors (Lipinski definition) is 4. The number of nitrogens with one attached hydrogen (secondary N) is 1. The van der Waals surface area contributed by atoms with Crippen molar-refractivity contribution in [3.05, 3.63) is 29.8 Å². The summed E-state index contributed by atoms with van der Waals surface area (Å²) >= 11 is 0. The Bertz CT molecular complexity index is 551. The molecule has 1 aliphatic rings. The first-order valence-corrected chi connectivity index (χ1v) is 7.94. The van der Waals surface area contributed by atoms with Gasteiger partial charge in [-0.2, -0.15) is 0 Å². The maximum absolute atomic E-state index is 12.3.